The van der Waals surface area contributed by atoms with E-state index in [4.69, 9.17) is 0 Å². The van der Waals surface area contributed by atoms with E-state index in [2.05, 4.69) is 11.7 Å². The summed E-state index contributed by atoms with van der Waals surface area (Å²) in [4.78, 5) is 21.9. The average molecular weight is 180 g/mol. The fourth-order valence-corrected chi connectivity index (χ4v) is 1.85. The fraction of sp³-hybridized carbons (Fsp3) is 0.600. The number of rotatable bonds is 4. The van der Waals surface area contributed by atoms with E-state index in [1.54, 1.807) is 0 Å². The normalized spacial score (nSPS) is 20.7. The molecule has 70 valence electrons. The van der Waals surface area contributed by atoms with Crippen molar-refractivity contribution < 1.29 is 14.3 Å². The Hall–Kier alpha value is -1.12. The van der Waals surface area contributed by atoms with E-state index >= 15 is 0 Å². The topological polar surface area (TPSA) is 43.4 Å². The fourth-order valence-electron chi connectivity index (χ4n) is 1.85. The molecule has 0 unspecified atom stereocenters. The van der Waals surface area contributed by atoms with Crippen molar-refractivity contribution in [1.29, 1.82) is 0 Å². The van der Waals surface area contributed by atoms with Crippen molar-refractivity contribution in [3.05, 3.63) is 11.1 Å². The summed E-state index contributed by atoms with van der Waals surface area (Å²) in [6.45, 7) is 2.13. The summed E-state index contributed by atoms with van der Waals surface area (Å²) >= 11 is 0. The van der Waals surface area contributed by atoms with Gasteiger partial charge in [-0.15, -0.1) is 0 Å². The summed E-state index contributed by atoms with van der Waals surface area (Å²) in [7, 11) is 0. The second-order valence-electron chi connectivity index (χ2n) is 3.55. The number of ether oxygens (including phenoxy) is 1. The highest BCUT2D eigenvalue weighted by atomic mass is 16.6. The minimum atomic E-state index is -0.401. The summed E-state index contributed by atoms with van der Waals surface area (Å²) in [6.07, 6.45) is 4.37. The second-order valence-corrected chi connectivity index (χ2v) is 3.55. The van der Waals surface area contributed by atoms with Crippen LogP contribution in [0.3, 0.4) is 0 Å². The monoisotopic (exact) mass is 180 g/mol. The Bertz CT molecular complexity index is 277. The van der Waals surface area contributed by atoms with Crippen LogP contribution in [0.4, 0.5) is 0 Å². The lowest BCUT2D eigenvalue weighted by molar-refractivity contribution is -0.152. The molecule has 0 radical (unpaired) electrons. The number of carbonyl (C=O) groups excluding carboxylic acids is 2. The van der Waals surface area contributed by atoms with Crippen molar-refractivity contribution in [2.45, 2.75) is 32.6 Å². The molecule has 1 aliphatic carbocycles. The molecule has 0 aromatic rings. The van der Waals surface area contributed by atoms with Gasteiger partial charge in [-0.2, -0.15) is 0 Å². The summed E-state index contributed by atoms with van der Waals surface area (Å²) in [5.74, 6) is -0.650. The number of hydrogen-bond donors (Lipinski definition) is 0. The molecular weight excluding hydrogens is 168 g/mol. The Morgan fingerprint density at radius 3 is 2.31 bits per heavy atom. The van der Waals surface area contributed by atoms with Gasteiger partial charge in [0, 0.05) is 5.92 Å². The lowest BCUT2D eigenvalue weighted by Gasteiger charge is -2.03. The maximum atomic E-state index is 11.0. The molecule has 0 amide bonds. The molecule has 13 heavy (non-hydrogen) atoms. The Balaban J connectivity index is 1.83. The van der Waals surface area contributed by atoms with Gasteiger partial charge in [-0.25, -0.2) is 9.59 Å². The lowest BCUT2D eigenvalue weighted by atomic mass is 10.1. The van der Waals surface area contributed by atoms with Crippen LogP contribution in [0.25, 0.3) is 0 Å². The number of unbranched alkanes of at least 4 members (excludes halogenated alkanes) is 2. The first-order chi connectivity index (χ1) is 6.25. The molecule has 0 bridgehead atoms. The van der Waals surface area contributed by atoms with E-state index in [-0.39, 0.29) is 5.92 Å². The van der Waals surface area contributed by atoms with Crippen molar-refractivity contribution in [2.24, 2.45) is 5.92 Å². The number of hydrogen-bond acceptors (Lipinski definition) is 3. The summed E-state index contributed by atoms with van der Waals surface area (Å²) in [6, 6.07) is 0. The van der Waals surface area contributed by atoms with Crippen LogP contribution in [0.15, 0.2) is 11.1 Å². The summed E-state index contributed by atoms with van der Waals surface area (Å²) < 4.78 is 4.41. The Labute approximate surface area is 76.8 Å². The van der Waals surface area contributed by atoms with E-state index in [9.17, 15) is 9.59 Å². The lowest BCUT2D eigenvalue weighted by Crippen LogP contribution is -2.11. The molecule has 0 fully saturated rings. The zero-order valence-electron chi connectivity index (χ0n) is 7.63. The third-order valence-electron chi connectivity index (χ3n) is 2.63. The Morgan fingerprint density at radius 1 is 1.15 bits per heavy atom. The predicted molar refractivity (Wildman–Crippen MR) is 45.8 cm³/mol. The molecule has 0 aromatic heterocycles. The minimum absolute atomic E-state index is 0.153. The van der Waals surface area contributed by atoms with Crippen LogP contribution in [0.1, 0.15) is 32.6 Å². The summed E-state index contributed by atoms with van der Waals surface area (Å²) in [5.41, 5.74) is 1.31. The largest absolute Gasteiger partial charge is 0.386 e. The minimum Gasteiger partial charge on any atom is -0.386 e. The molecule has 2 aliphatic rings. The zero-order chi connectivity index (χ0) is 9.42. The van der Waals surface area contributed by atoms with E-state index in [1.165, 1.54) is 6.42 Å². The van der Waals surface area contributed by atoms with E-state index in [0.717, 1.165) is 19.3 Å². The van der Waals surface area contributed by atoms with Gasteiger partial charge in [-0.05, 0) is 6.42 Å². The van der Waals surface area contributed by atoms with Crippen molar-refractivity contribution in [3.63, 3.8) is 0 Å². The average Bonchev–Trinajstić information content (AvgIpc) is 2.71. The summed E-state index contributed by atoms with van der Waals surface area (Å²) in [5, 5.41) is 0. The van der Waals surface area contributed by atoms with Gasteiger partial charge in [0.15, 0.2) is 0 Å². The molecule has 0 N–H and O–H groups in total. The van der Waals surface area contributed by atoms with Crippen LogP contribution in [0.5, 0.6) is 0 Å². The van der Waals surface area contributed by atoms with Crippen LogP contribution < -0.4 is 0 Å². The van der Waals surface area contributed by atoms with Crippen LogP contribution in [-0.4, -0.2) is 11.9 Å². The van der Waals surface area contributed by atoms with Gasteiger partial charge in [0.05, 0.1) is 11.1 Å². The molecule has 1 heterocycles. The molecule has 0 atom stereocenters. The van der Waals surface area contributed by atoms with Gasteiger partial charge in [-0.3, -0.25) is 0 Å². The van der Waals surface area contributed by atoms with Gasteiger partial charge < -0.3 is 4.74 Å². The second kappa shape index (κ2) is 2.98. The molecule has 1 aliphatic heterocycles. The van der Waals surface area contributed by atoms with Gasteiger partial charge >= 0.3 is 11.9 Å². The molecule has 3 nitrogen and oxygen atoms in total. The van der Waals surface area contributed by atoms with Crippen LogP contribution in [-0.2, 0) is 14.3 Å². The molecular formula is C10H12O3. The highest BCUT2D eigenvalue weighted by Gasteiger charge is 2.52. The Kier molecular flexibility index (Phi) is 1.94. The molecule has 3 heteroatoms. The van der Waals surface area contributed by atoms with Crippen LogP contribution in [0, 0.1) is 5.92 Å². The van der Waals surface area contributed by atoms with Gasteiger partial charge in [0.2, 0.25) is 0 Å². The first kappa shape index (κ1) is 8.48. The first-order valence-corrected chi connectivity index (χ1v) is 4.76. The van der Waals surface area contributed by atoms with E-state index in [0.29, 0.717) is 11.1 Å². The van der Waals surface area contributed by atoms with Crippen molar-refractivity contribution in [3.8, 4) is 0 Å². The zero-order valence-corrected chi connectivity index (χ0v) is 7.63. The van der Waals surface area contributed by atoms with E-state index < -0.39 is 11.9 Å². The standard InChI is InChI=1S/C10H12O3/c1-2-3-4-5-6-7-8(6)10(12)13-9(7)11/h6H,2-5H2,1H3. The van der Waals surface area contributed by atoms with Crippen molar-refractivity contribution >= 4 is 11.9 Å². The Morgan fingerprint density at radius 2 is 1.77 bits per heavy atom. The van der Waals surface area contributed by atoms with Crippen LogP contribution >= 0.6 is 0 Å². The third kappa shape index (κ3) is 1.28. The number of esters is 2. The molecule has 0 spiro atoms. The third-order valence-corrected chi connectivity index (χ3v) is 2.63. The maximum absolute atomic E-state index is 11.0. The molecule has 0 aromatic carbocycles. The number of cyclic esters (lactones) is 2. The number of carbonyl (C=O) groups is 2. The predicted octanol–water partition coefficient (Wildman–Crippen LogP) is 1.58. The van der Waals surface area contributed by atoms with Gasteiger partial charge in [-0.1, -0.05) is 26.2 Å². The van der Waals surface area contributed by atoms with Crippen LogP contribution in [0.2, 0.25) is 0 Å². The SMILES string of the molecule is CCCCCC1C2=C1C(=O)OC2=O. The quantitative estimate of drug-likeness (QED) is 0.374. The maximum Gasteiger partial charge on any atom is 0.343 e. The van der Waals surface area contributed by atoms with Crippen molar-refractivity contribution in [2.75, 3.05) is 0 Å². The smallest absolute Gasteiger partial charge is 0.343 e. The highest BCUT2D eigenvalue weighted by molar-refractivity contribution is 6.20. The highest BCUT2D eigenvalue weighted by Crippen LogP contribution is 2.48. The van der Waals surface area contributed by atoms with Crippen molar-refractivity contribution in [1.82, 2.24) is 0 Å². The first-order valence-electron chi connectivity index (χ1n) is 4.76. The van der Waals surface area contributed by atoms with Gasteiger partial charge in [0.1, 0.15) is 0 Å². The van der Waals surface area contributed by atoms with E-state index in [1.807, 2.05) is 0 Å². The van der Waals surface area contributed by atoms with Gasteiger partial charge in [0.25, 0.3) is 0 Å². The molecule has 0 saturated carbocycles. The molecule has 2 rings (SSSR count). The molecule has 0 saturated heterocycles.